The van der Waals surface area contributed by atoms with E-state index >= 15 is 0 Å². The normalized spacial score (nSPS) is 19.3. The molecule has 1 aromatic rings. The Morgan fingerprint density at radius 3 is 2.41 bits per heavy atom. The van der Waals surface area contributed by atoms with Crippen LogP contribution < -0.4 is 10.6 Å². The van der Waals surface area contributed by atoms with Gasteiger partial charge in [0.25, 0.3) is 0 Å². The van der Waals surface area contributed by atoms with Crippen molar-refractivity contribution in [2.45, 2.75) is 51.4 Å². The van der Waals surface area contributed by atoms with E-state index in [1.807, 2.05) is 0 Å². The van der Waals surface area contributed by atoms with Crippen LogP contribution in [0.25, 0.3) is 0 Å². The van der Waals surface area contributed by atoms with E-state index in [0.29, 0.717) is 11.1 Å². The molecule has 0 saturated carbocycles. The molecule has 0 aliphatic carbocycles. The van der Waals surface area contributed by atoms with Gasteiger partial charge in [-0.25, -0.2) is 0 Å². The number of hydrogen-bond acceptors (Lipinski definition) is 2. The first kappa shape index (κ1) is 16.8. The molecule has 1 aliphatic rings. The summed E-state index contributed by atoms with van der Waals surface area (Å²) in [7, 11) is 0. The van der Waals surface area contributed by atoms with E-state index in [1.165, 1.54) is 0 Å². The Balaban J connectivity index is 2.24. The molecular weight excluding hydrogens is 293 g/mol. The topological polar surface area (TPSA) is 41.1 Å². The van der Waals surface area contributed by atoms with Gasteiger partial charge in [0, 0.05) is 0 Å². The predicted octanol–water partition coefficient (Wildman–Crippen LogP) is 3.12. The second-order valence-corrected chi connectivity index (χ2v) is 6.35. The van der Waals surface area contributed by atoms with Crippen molar-refractivity contribution in [1.82, 2.24) is 10.6 Å². The lowest BCUT2D eigenvalue weighted by atomic mass is 9.90. The molecule has 0 unspecified atom stereocenters. The number of carbonyl (C=O) groups excluding carboxylic acids is 1. The molecule has 0 spiro atoms. The van der Waals surface area contributed by atoms with Crippen molar-refractivity contribution in [3.05, 3.63) is 34.9 Å². The van der Waals surface area contributed by atoms with Crippen molar-refractivity contribution < 1.29 is 18.0 Å². The first-order chi connectivity index (χ1) is 10.1. The summed E-state index contributed by atoms with van der Waals surface area (Å²) >= 11 is 0. The number of rotatable bonds is 3. The summed E-state index contributed by atoms with van der Waals surface area (Å²) in [5, 5.41) is 5.94. The average molecular weight is 314 g/mol. The number of amides is 1. The summed E-state index contributed by atoms with van der Waals surface area (Å²) in [6, 6.07) is 3.64. The van der Waals surface area contributed by atoms with Gasteiger partial charge < -0.3 is 10.6 Å². The SMILES string of the molecule is Cc1cc(C(F)(F)F)cc(C(C)(C)NC(=O)[C@@H]2CCCN2)c1. The molecular formula is C16H21F3N2O. The second-order valence-electron chi connectivity index (χ2n) is 6.35. The van der Waals surface area contributed by atoms with Gasteiger partial charge in [-0.15, -0.1) is 0 Å². The van der Waals surface area contributed by atoms with Gasteiger partial charge in [-0.1, -0.05) is 11.6 Å². The monoisotopic (exact) mass is 314 g/mol. The lowest BCUT2D eigenvalue weighted by molar-refractivity contribution is -0.137. The van der Waals surface area contributed by atoms with Crippen molar-refractivity contribution in [2.75, 3.05) is 6.54 Å². The van der Waals surface area contributed by atoms with Crippen LogP contribution in [0.2, 0.25) is 0 Å². The lowest BCUT2D eigenvalue weighted by Crippen LogP contribution is -2.48. The molecule has 1 amide bonds. The van der Waals surface area contributed by atoms with E-state index in [1.54, 1.807) is 26.8 Å². The molecule has 0 aromatic heterocycles. The summed E-state index contributed by atoms with van der Waals surface area (Å²) in [6.07, 6.45) is -2.71. The van der Waals surface area contributed by atoms with E-state index in [4.69, 9.17) is 0 Å². The third-order valence-electron chi connectivity index (χ3n) is 3.94. The Kier molecular flexibility index (Phi) is 4.52. The van der Waals surface area contributed by atoms with Crippen LogP contribution in [0.3, 0.4) is 0 Å². The number of halogens is 3. The zero-order valence-electron chi connectivity index (χ0n) is 13.0. The average Bonchev–Trinajstić information content (AvgIpc) is 2.90. The maximum Gasteiger partial charge on any atom is 0.416 e. The van der Waals surface area contributed by atoms with Crippen molar-refractivity contribution in [2.24, 2.45) is 0 Å². The minimum atomic E-state index is -4.39. The predicted molar refractivity (Wildman–Crippen MR) is 78.4 cm³/mol. The smallest absolute Gasteiger partial charge is 0.346 e. The Labute approximate surface area is 128 Å². The quantitative estimate of drug-likeness (QED) is 0.900. The highest BCUT2D eigenvalue weighted by Crippen LogP contribution is 2.33. The Hall–Kier alpha value is -1.56. The van der Waals surface area contributed by atoms with Crippen LogP contribution in [-0.2, 0) is 16.5 Å². The Morgan fingerprint density at radius 1 is 1.23 bits per heavy atom. The zero-order chi connectivity index (χ0) is 16.5. The summed E-state index contributed by atoms with van der Waals surface area (Å²) in [6.45, 7) is 5.85. The van der Waals surface area contributed by atoms with E-state index in [2.05, 4.69) is 10.6 Å². The summed E-state index contributed by atoms with van der Waals surface area (Å²) in [5.74, 6) is -0.169. The maximum atomic E-state index is 12.9. The van der Waals surface area contributed by atoms with Crippen LogP contribution in [0, 0.1) is 6.92 Å². The van der Waals surface area contributed by atoms with Gasteiger partial charge in [0.15, 0.2) is 0 Å². The third-order valence-corrected chi connectivity index (χ3v) is 3.94. The number of nitrogens with one attached hydrogen (secondary N) is 2. The van der Waals surface area contributed by atoms with Gasteiger partial charge in [0.2, 0.25) is 5.91 Å². The van der Waals surface area contributed by atoms with Gasteiger partial charge >= 0.3 is 6.18 Å². The van der Waals surface area contributed by atoms with E-state index in [0.717, 1.165) is 31.5 Å². The maximum absolute atomic E-state index is 12.9. The minimum Gasteiger partial charge on any atom is -0.346 e. The lowest BCUT2D eigenvalue weighted by Gasteiger charge is -2.29. The number of alkyl halides is 3. The molecule has 1 atom stereocenters. The van der Waals surface area contributed by atoms with Crippen LogP contribution in [0.5, 0.6) is 0 Å². The van der Waals surface area contributed by atoms with Crippen molar-refractivity contribution >= 4 is 5.91 Å². The number of benzene rings is 1. The van der Waals surface area contributed by atoms with E-state index < -0.39 is 17.3 Å². The van der Waals surface area contributed by atoms with Crippen molar-refractivity contribution in [3.8, 4) is 0 Å². The summed E-state index contributed by atoms with van der Waals surface area (Å²) in [4.78, 5) is 12.2. The first-order valence-electron chi connectivity index (χ1n) is 7.34. The van der Waals surface area contributed by atoms with Crippen LogP contribution >= 0.6 is 0 Å². The highest BCUT2D eigenvalue weighted by molar-refractivity contribution is 5.82. The zero-order valence-corrected chi connectivity index (χ0v) is 13.0. The number of aryl methyl sites for hydroxylation is 1. The number of carbonyl (C=O) groups is 1. The highest BCUT2D eigenvalue weighted by atomic mass is 19.4. The fourth-order valence-corrected chi connectivity index (χ4v) is 2.68. The van der Waals surface area contributed by atoms with Gasteiger partial charge in [-0.2, -0.15) is 13.2 Å². The Morgan fingerprint density at radius 2 is 1.86 bits per heavy atom. The van der Waals surface area contributed by atoms with Gasteiger partial charge in [-0.3, -0.25) is 4.79 Å². The third kappa shape index (κ3) is 3.80. The molecule has 6 heteroatoms. The number of hydrogen-bond donors (Lipinski definition) is 2. The first-order valence-corrected chi connectivity index (χ1v) is 7.34. The van der Waals surface area contributed by atoms with Gasteiger partial charge in [-0.05, 0) is 57.9 Å². The fraction of sp³-hybridized carbons (Fsp3) is 0.562. The minimum absolute atomic E-state index is 0.169. The molecule has 1 saturated heterocycles. The molecule has 2 rings (SSSR count). The summed E-state index contributed by atoms with van der Waals surface area (Å²) < 4.78 is 38.8. The molecule has 1 heterocycles. The molecule has 0 radical (unpaired) electrons. The molecule has 22 heavy (non-hydrogen) atoms. The molecule has 3 nitrogen and oxygen atoms in total. The van der Waals surface area contributed by atoms with Crippen LogP contribution in [0.1, 0.15) is 43.4 Å². The molecule has 0 bridgehead atoms. The molecule has 2 N–H and O–H groups in total. The largest absolute Gasteiger partial charge is 0.416 e. The van der Waals surface area contributed by atoms with Gasteiger partial charge in [0.05, 0.1) is 17.1 Å². The molecule has 122 valence electrons. The molecule has 1 aromatic carbocycles. The van der Waals surface area contributed by atoms with Gasteiger partial charge in [0.1, 0.15) is 0 Å². The second kappa shape index (κ2) is 5.91. The van der Waals surface area contributed by atoms with Crippen LogP contribution in [0.15, 0.2) is 18.2 Å². The van der Waals surface area contributed by atoms with E-state index in [9.17, 15) is 18.0 Å². The summed E-state index contributed by atoms with van der Waals surface area (Å²) in [5.41, 5.74) is -0.589. The van der Waals surface area contributed by atoms with Crippen molar-refractivity contribution in [3.63, 3.8) is 0 Å². The van der Waals surface area contributed by atoms with E-state index in [-0.39, 0.29) is 11.9 Å². The standard InChI is InChI=1S/C16H21F3N2O/c1-10-7-11(9-12(8-10)16(17,18)19)15(2,3)21-14(22)13-5-4-6-20-13/h7-9,13,20H,4-6H2,1-3H3,(H,21,22)/t13-/m0/s1. The molecule has 1 aliphatic heterocycles. The molecule has 1 fully saturated rings. The van der Waals surface area contributed by atoms with Crippen LogP contribution in [0.4, 0.5) is 13.2 Å². The fourth-order valence-electron chi connectivity index (χ4n) is 2.68. The van der Waals surface area contributed by atoms with Crippen molar-refractivity contribution in [1.29, 1.82) is 0 Å². The highest BCUT2D eigenvalue weighted by Gasteiger charge is 2.34. The van der Waals surface area contributed by atoms with Crippen LogP contribution in [-0.4, -0.2) is 18.5 Å². The Bertz CT molecular complexity index is 561.